The molecule has 5 rings (SSSR count). The van der Waals surface area contributed by atoms with Crippen LogP contribution in [0.15, 0.2) is 34.7 Å². The van der Waals surface area contributed by atoms with Crippen LogP contribution in [0.1, 0.15) is 22.8 Å². The number of aliphatic hydroxyl groups excluding tert-OH is 1. The number of H-pyrrole nitrogens is 1. The third-order valence-corrected chi connectivity index (χ3v) is 4.91. The molecule has 3 aromatic rings. The largest absolute Gasteiger partial charge is 0.462 e. The van der Waals surface area contributed by atoms with Crippen LogP contribution in [0, 0.1) is 0 Å². The fraction of sp³-hybridized carbons (Fsp3) is 0.316. The van der Waals surface area contributed by atoms with Gasteiger partial charge in [-0.15, -0.1) is 0 Å². The van der Waals surface area contributed by atoms with Crippen LogP contribution in [-0.2, 0) is 26.1 Å². The fourth-order valence-corrected chi connectivity index (χ4v) is 3.58. The standard InChI is InChI=1S/C19H19N3O4/c23-10-14-3-2-13(26-14)8-22-6-5-16-15(9-22)19(21-20-16)12-1-4-17-18(7-12)25-11-24-17/h1-4,7,23H,5-6,8-11H2,(H,20,21). The third-order valence-electron chi connectivity index (χ3n) is 4.91. The van der Waals surface area contributed by atoms with Crippen LogP contribution in [0.5, 0.6) is 11.5 Å². The Morgan fingerprint density at radius 1 is 1.12 bits per heavy atom. The van der Waals surface area contributed by atoms with Gasteiger partial charge in [-0.25, -0.2) is 0 Å². The quantitative estimate of drug-likeness (QED) is 0.750. The van der Waals surface area contributed by atoms with E-state index in [0.717, 1.165) is 48.0 Å². The number of hydrogen-bond acceptors (Lipinski definition) is 6. The molecule has 2 aliphatic heterocycles. The predicted octanol–water partition coefficient (Wildman–Crippen LogP) is 2.45. The zero-order chi connectivity index (χ0) is 17.5. The lowest BCUT2D eigenvalue weighted by molar-refractivity contribution is 0.174. The number of hydrogen-bond donors (Lipinski definition) is 2. The van der Waals surface area contributed by atoms with Gasteiger partial charge < -0.3 is 19.0 Å². The number of nitrogens with zero attached hydrogens (tertiary/aromatic N) is 2. The molecular weight excluding hydrogens is 334 g/mol. The highest BCUT2D eigenvalue weighted by molar-refractivity contribution is 5.68. The first-order valence-electron chi connectivity index (χ1n) is 8.67. The Balaban J connectivity index is 1.40. The van der Waals surface area contributed by atoms with E-state index in [2.05, 4.69) is 15.1 Å². The summed E-state index contributed by atoms with van der Waals surface area (Å²) in [6, 6.07) is 9.68. The van der Waals surface area contributed by atoms with Gasteiger partial charge in [0.25, 0.3) is 0 Å². The molecule has 7 heteroatoms. The van der Waals surface area contributed by atoms with Crippen LogP contribution < -0.4 is 9.47 Å². The molecule has 2 aliphatic rings. The van der Waals surface area contributed by atoms with E-state index in [4.69, 9.17) is 19.0 Å². The molecular formula is C19H19N3O4. The normalized spacial score (nSPS) is 16.0. The number of ether oxygens (including phenoxy) is 2. The van der Waals surface area contributed by atoms with Gasteiger partial charge >= 0.3 is 0 Å². The highest BCUT2D eigenvalue weighted by Crippen LogP contribution is 2.37. The molecule has 26 heavy (non-hydrogen) atoms. The van der Waals surface area contributed by atoms with Crippen molar-refractivity contribution in [3.63, 3.8) is 0 Å². The second-order valence-corrected chi connectivity index (χ2v) is 6.58. The third kappa shape index (κ3) is 2.65. The summed E-state index contributed by atoms with van der Waals surface area (Å²) in [4.78, 5) is 2.33. The van der Waals surface area contributed by atoms with E-state index >= 15 is 0 Å². The van der Waals surface area contributed by atoms with Crippen LogP contribution >= 0.6 is 0 Å². The van der Waals surface area contributed by atoms with Crippen molar-refractivity contribution in [3.8, 4) is 22.8 Å². The summed E-state index contributed by atoms with van der Waals surface area (Å²) in [5.41, 5.74) is 4.38. The van der Waals surface area contributed by atoms with E-state index in [-0.39, 0.29) is 13.4 Å². The van der Waals surface area contributed by atoms with Crippen LogP contribution in [0.3, 0.4) is 0 Å². The Labute approximate surface area is 150 Å². The summed E-state index contributed by atoms with van der Waals surface area (Å²) >= 11 is 0. The van der Waals surface area contributed by atoms with E-state index in [1.807, 2.05) is 30.3 Å². The topological polar surface area (TPSA) is 83.8 Å². The maximum atomic E-state index is 9.15. The second-order valence-electron chi connectivity index (χ2n) is 6.58. The molecule has 0 fully saturated rings. The van der Waals surface area contributed by atoms with E-state index in [1.54, 1.807) is 0 Å². The van der Waals surface area contributed by atoms with E-state index in [0.29, 0.717) is 12.3 Å². The molecule has 2 N–H and O–H groups in total. The summed E-state index contributed by atoms with van der Waals surface area (Å²) < 4.78 is 16.5. The Morgan fingerprint density at radius 2 is 2.00 bits per heavy atom. The van der Waals surface area contributed by atoms with E-state index in [1.165, 1.54) is 11.3 Å². The van der Waals surface area contributed by atoms with Crippen molar-refractivity contribution in [2.45, 2.75) is 26.1 Å². The number of nitrogens with one attached hydrogen (secondary N) is 1. The monoisotopic (exact) mass is 353 g/mol. The highest BCUT2D eigenvalue weighted by Gasteiger charge is 2.24. The zero-order valence-electron chi connectivity index (χ0n) is 14.2. The predicted molar refractivity (Wildman–Crippen MR) is 92.6 cm³/mol. The van der Waals surface area contributed by atoms with Crippen LogP contribution in [0.4, 0.5) is 0 Å². The summed E-state index contributed by atoms with van der Waals surface area (Å²) in [5.74, 6) is 3.00. The van der Waals surface area contributed by atoms with Crippen molar-refractivity contribution >= 4 is 0 Å². The van der Waals surface area contributed by atoms with Crippen LogP contribution in [0.25, 0.3) is 11.3 Å². The lowest BCUT2D eigenvalue weighted by Gasteiger charge is -2.26. The van der Waals surface area contributed by atoms with Crippen LogP contribution in [0.2, 0.25) is 0 Å². The van der Waals surface area contributed by atoms with E-state index in [9.17, 15) is 0 Å². The highest BCUT2D eigenvalue weighted by atomic mass is 16.7. The minimum absolute atomic E-state index is 0.0693. The van der Waals surface area contributed by atoms with Crippen molar-refractivity contribution in [3.05, 3.63) is 53.1 Å². The smallest absolute Gasteiger partial charge is 0.231 e. The number of aliphatic hydroxyl groups is 1. The minimum atomic E-state index is -0.0693. The number of aromatic nitrogens is 2. The van der Waals surface area contributed by atoms with Crippen molar-refractivity contribution in [1.82, 2.24) is 15.1 Å². The molecule has 0 unspecified atom stereocenters. The first kappa shape index (κ1) is 15.5. The van der Waals surface area contributed by atoms with Gasteiger partial charge in [0, 0.05) is 36.3 Å². The van der Waals surface area contributed by atoms with Crippen LogP contribution in [-0.4, -0.2) is 33.5 Å². The summed E-state index contributed by atoms with van der Waals surface area (Å²) in [6.45, 7) is 2.64. The number of furan rings is 1. The van der Waals surface area contributed by atoms with Gasteiger partial charge in [0.1, 0.15) is 18.1 Å². The SMILES string of the molecule is OCc1ccc(CN2CCc3[nH]nc(-c4ccc5c(c4)OCO5)c3C2)o1. The van der Waals surface area contributed by atoms with Gasteiger partial charge in [-0.05, 0) is 30.3 Å². The molecule has 0 radical (unpaired) electrons. The maximum Gasteiger partial charge on any atom is 0.231 e. The molecule has 0 bridgehead atoms. The minimum Gasteiger partial charge on any atom is -0.462 e. The Morgan fingerprint density at radius 3 is 2.88 bits per heavy atom. The van der Waals surface area contributed by atoms with Crippen molar-refractivity contribution in [2.24, 2.45) is 0 Å². The molecule has 0 aliphatic carbocycles. The molecule has 0 saturated carbocycles. The molecule has 0 atom stereocenters. The molecule has 7 nitrogen and oxygen atoms in total. The molecule has 134 valence electrons. The van der Waals surface area contributed by atoms with Gasteiger partial charge in [-0.3, -0.25) is 10.00 Å². The van der Waals surface area contributed by atoms with Crippen molar-refractivity contribution < 1.29 is 19.0 Å². The van der Waals surface area contributed by atoms with Gasteiger partial charge in [0.05, 0.1) is 12.2 Å². The summed E-state index contributed by atoms with van der Waals surface area (Å²) in [6.07, 6.45) is 0.917. The van der Waals surface area contributed by atoms with Gasteiger partial charge in [0.2, 0.25) is 6.79 Å². The van der Waals surface area contributed by atoms with Gasteiger partial charge in [-0.2, -0.15) is 5.10 Å². The lowest BCUT2D eigenvalue weighted by atomic mass is 10.0. The zero-order valence-corrected chi connectivity index (χ0v) is 14.2. The average Bonchev–Trinajstić information content (AvgIpc) is 3.40. The Hall–Kier alpha value is -2.77. The molecule has 0 spiro atoms. The number of aromatic amines is 1. The molecule has 1 aromatic carbocycles. The Kier molecular flexibility index (Phi) is 3.69. The molecule has 0 saturated heterocycles. The van der Waals surface area contributed by atoms with Gasteiger partial charge in [-0.1, -0.05) is 0 Å². The van der Waals surface area contributed by atoms with Gasteiger partial charge in [0.15, 0.2) is 11.5 Å². The number of fused-ring (bicyclic) bond motifs is 2. The molecule has 4 heterocycles. The number of benzene rings is 1. The second kappa shape index (κ2) is 6.19. The Bertz CT molecular complexity index is 946. The molecule has 0 amide bonds. The summed E-state index contributed by atoms with van der Waals surface area (Å²) in [5, 5.41) is 16.9. The maximum absolute atomic E-state index is 9.15. The summed E-state index contributed by atoms with van der Waals surface area (Å²) in [7, 11) is 0. The van der Waals surface area contributed by atoms with E-state index < -0.39 is 0 Å². The number of rotatable bonds is 4. The molecule has 2 aromatic heterocycles. The average molecular weight is 353 g/mol. The lowest BCUT2D eigenvalue weighted by Crippen LogP contribution is -2.29. The fourth-order valence-electron chi connectivity index (χ4n) is 3.58. The first-order valence-corrected chi connectivity index (χ1v) is 8.67. The van der Waals surface area contributed by atoms with Crippen molar-refractivity contribution in [1.29, 1.82) is 0 Å². The van der Waals surface area contributed by atoms with Crippen molar-refractivity contribution in [2.75, 3.05) is 13.3 Å². The first-order chi connectivity index (χ1) is 12.8.